The number of hydrogen-bond donors (Lipinski definition) is 1. The zero-order chi connectivity index (χ0) is 19.5. The minimum Gasteiger partial charge on any atom is -0.326 e. The number of nitrogens with zero attached hydrogens (tertiary/aromatic N) is 1. The maximum Gasteiger partial charge on any atom is 0.268 e. The average molecular weight is 391 g/mol. The van der Waals surface area contributed by atoms with Crippen molar-refractivity contribution in [1.29, 1.82) is 0 Å². The minimum absolute atomic E-state index is 0.0272. The number of fused-ring (bicyclic) bond motifs is 1. The van der Waals surface area contributed by atoms with Gasteiger partial charge in [-0.25, -0.2) is 0 Å². The summed E-state index contributed by atoms with van der Waals surface area (Å²) in [6.45, 7) is 2.71. The highest BCUT2D eigenvalue weighted by molar-refractivity contribution is 7.12. The Kier molecular flexibility index (Phi) is 5.26. The summed E-state index contributed by atoms with van der Waals surface area (Å²) in [5, 5.41) is 4.90. The Labute approximate surface area is 168 Å². The number of nitrogens with one attached hydrogen (secondary N) is 1. The Hall–Kier alpha value is -2.92. The number of hydrogen-bond acceptors (Lipinski definition) is 3. The smallest absolute Gasteiger partial charge is 0.268 e. The number of rotatable bonds is 4. The Morgan fingerprint density at radius 2 is 1.96 bits per heavy atom. The van der Waals surface area contributed by atoms with Gasteiger partial charge in [0.1, 0.15) is 0 Å². The van der Waals surface area contributed by atoms with Crippen LogP contribution in [0.1, 0.15) is 32.8 Å². The molecule has 1 N–H and O–H groups in total. The van der Waals surface area contributed by atoms with Crippen LogP contribution < -0.4 is 10.2 Å². The van der Waals surface area contributed by atoms with Crippen molar-refractivity contribution in [2.45, 2.75) is 26.2 Å². The molecule has 0 aliphatic carbocycles. The highest BCUT2D eigenvalue weighted by atomic mass is 32.1. The predicted molar refractivity (Wildman–Crippen MR) is 114 cm³/mol. The molecule has 4 nitrogen and oxygen atoms in total. The Morgan fingerprint density at radius 1 is 1.11 bits per heavy atom. The first-order valence-electron chi connectivity index (χ1n) is 9.44. The quantitative estimate of drug-likeness (QED) is 0.694. The zero-order valence-electron chi connectivity index (χ0n) is 15.8. The van der Waals surface area contributed by atoms with Crippen LogP contribution in [0.2, 0.25) is 0 Å². The van der Waals surface area contributed by atoms with E-state index in [1.165, 1.54) is 11.3 Å². The lowest BCUT2D eigenvalue weighted by Gasteiger charge is -2.29. The fourth-order valence-electron chi connectivity index (χ4n) is 3.58. The topological polar surface area (TPSA) is 49.4 Å². The van der Waals surface area contributed by atoms with Crippen molar-refractivity contribution in [2.75, 3.05) is 16.8 Å². The van der Waals surface area contributed by atoms with Gasteiger partial charge in [0, 0.05) is 17.9 Å². The molecule has 0 atom stereocenters. The second-order valence-electron chi connectivity index (χ2n) is 7.03. The minimum atomic E-state index is -0.0545. The van der Waals surface area contributed by atoms with Gasteiger partial charge in [0.25, 0.3) is 5.91 Å². The van der Waals surface area contributed by atoms with Gasteiger partial charge in [-0.2, -0.15) is 0 Å². The van der Waals surface area contributed by atoms with E-state index in [2.05, 4.69) is 5.32 Å². The molecule has 3 aromatic rings. The third-order valence-electron chi connectivity index (χ3n) is 5.08. The molecule has 0 unspecified atom stereocenters. The van der Waals surface area contributed by atoms with Crippen LogP contribution in [-0.4, -0.2) is 18.4 Å². The number of benzene rings is 2. The molecule has 1 aliphatic heterocycles. The number of anilines is 2. The van der Waals surface area contributed by atoms with E-state index in [-0.39, 0.29) is 11.8 Å². The first kappa shape index (κ1) is 18.4. The van der Waals surface area contributed by atoms with Crippen molar-refractivity contribution in [2.24, 2.45) is 0 Å². The van der Waals surface area contributed by atoms with E-state index in [1.54, 1.807) is 0 Å². The molecule has 0 saturated heterocycles. The van der Waals surface area contributed by atoms with Crippen LogP contribution in [-0.2, 0) is 17.6 Å². The van der Waals surface area contributed by atoms with Gasteiger partial charge in [-0.1, -0.05) is 36.4 Å². The highest BCUT2D eigenvalue weighted by Gasteiger charge is 2.24. The standard InChI is InChI=1S/C23H22N2O2S/c1-16-6-2-3-7-18(16)14-22(26)24-19-11-10-17-8-4-12-25(20(17)15-19)23(27)21-9-5-13-28-21/h2-3,5-7,9-11,13,15H,4,8,12,14H2,1H3,(H,24,26). The lowest BCUT2D eigenvalue weighted by Crippen LogP contribution is -2.35. The molecule has 0 bridgehead atoms. The third kappa shape index (κ3) is 3.85. The fourth-order valence-corrected chi connectivity index (χ4v) is 4.26. The molecule has 4 rings (SSSR count). The van der Waals surface area contributed by atoms with Crippen molar-refractivity contribution < 1.29 is 9.59 Å². The first-order chi connectivity index (χ1) is 13.6. The molecular formula is C23H22N2O2S. The highest BCUT2D eigenvalue weighted by Crippen LogP contribution is 2.32. The van der Waals surface area contributed by atoms with E-state index < -0.39 is 0 Å². The molecule has 0 spiro atoms. The second-order valence-corrected chi connectivity index (χ2v) is 7.98. The van der Waals surface area contributed by atoms with Gasteiger partial charge in [-0.3, -0.25) is 9.59 Å². The van der Waals surface area contributed by atoms with Crippen molar-refractivity contribution in [3.8, 4) is 0 Å². The van der Waals surface area contributed by atoms with Crippen LogP contribution >= 0.6 is 11.3 Å². The number of thiophene rings is 1. The van der Waals surface area contributed by atoms with E-state index in [0.29, 0.717) is 13.0 Å². The molecular weight excluding hydrogens is 368 g/mol. The summed E-state index contributed by atoms with van der Waals surface area (Å²) in [5.41, 5.74) is 4.90. The number of carbonyl (C=O) groups excluding carboxylic acids is 2. The van der Waals surface area contributed by atoms with Gasteiger partial charge in [0.15, 0.2) is 0 Å². The number of carbonyl (C=O) groups is 2. The summed E-state index contributed by atoms with van der Waals surface area (Å²) in [4.78, 5) is 28.0. The first-order valence-corrected chi connectivity index (χ1v) is 10.3. The summed E-state index contributed by atoms with van der Waals surface area (Å²) in [6, 6.07) is 17.5. The Morgan fingerprint density at radius 3 is 2.75 bits per heavy atom. The van der Waals surface area contributed by atoms with Gasteiger partial charge in [-0.05, 0) is 60.0 Å². The van der Waals surface area contributed by atoms with Crippen molar-refractivity contribution >= 4 is 34.5 Å². The van der Waals surface area contributed by atoms with Crippen LogP contribution in [0.15, 0.2) is 60.0 Å². The van der Waals surface area contributed by atoms with E-state index in [4.69, 9.17) is 0 Å². The molecule has 1 aliphatic rings. The molecule has 2 heterocycles. The summed E-state index contributed by atoms with van der Waals surface area (Å²) >= 11 is 1.46. The lowest BCUT2D eigenvalue weighted by atomic mass is 10.0. The molecule has 0 fully saturated rings. The van der Waals surface area contributed by atoms with E-state index in [1.807, 2.05) is 71.8 Å². The van der Waals surface area contributed by atoms with Crippen molar-refractivity contribution in [3.05, 3.63) is 81.5 Å². The molecule has 0 radical (unpaired) electrons. The van der Waals surface area contributed by atoms with Crippen molar-refractivity contribution in [3.63, 3.8) is 0 Å². The molecule has 2 amide bonds. The molecule has 5 heteroatoms. The van der Waals surface area contributed by atoms with Crippen LogP contribution in [0.4, 0.5) is 11.4 Å². The van der Waals surface area contributed by atoms with Gasteiger partial charge < -0.3 is 10.2 Å². The lowest BCUT2D eigenvalue weighted by molar-refractivity contribution is -0.115. The number of aryl methyl sites for hydroxylation is 2. The second kappa shape index (κ2) is 7.98. The molecule has 142 valence electrons. The van der Waals surface area contributed by atoms with Crippen LogP contribution in [0.25, 0.3) is 0 Å². The van der Waals surface area contributed by atoms with E-state index in [9.17, 15) is 9.59 Å². The van der Waals surface area contributed by atoms with Crippen LogP contribution in [0.3, 0.4) is 0 Å². The maximum atomic E-state index is 12.9. The SMILES string of the molecule is Cc1ccccc1CC(=O)Nc1ccc2c(c1)N(C(=O)c1cccs1)CCC2. The summed E-state index contributed by atoms with van der Waals surface area (Å²) in [5.74, 6) is -0.0273. The predicted octanol–water partition coefficient (Wildman–Crippen LogP) is 4.83. The van der Waals surface area contributed by atoms with Gasteiger partial charge in [0.2, 0.25) is 5.91 Å². The molecule has 0 saturated carbocycles. The third-order valence-corrected chi connectivity index (χ3v) is 5.93. The Bertz CT molecular complexity index is 1010. The molecule has 2 aromatic carbocycles. The summed E-state index contributed by atoms with van der Waals surface area (Å²) in [7, 11) is 0. The Balaban J connectivity index is 1.54. The van der Waals surface area contributed by atoms with E-state index in [0.717, 1.165) is 45.8 Å². The van der Waals surface area contributed by atoms with E-state index >= 15 is 0 Å². The summed E-state index contributed by atoms with van der Waals surface area (Å²) in [6.07, 6.45) is 2.23. The van der Waals surface area contributed by atoms with Crippen LogP contribution in [0, 0.1) is 6.92 Å². The monoisotopic (exact) mass is 390 g/mol. The zero-order valence-corrected chi connectivity index (χ0v) is 16.6. The van der Waals surface area contributed by atoms with Gasteiger partial charge >= 0.3 is 0 Å². The van der Waals surface area contributed by atoms with Crippen molar-refractivity contribution in [1.82, 2.24) is 0 Å². The average Bonchev–Trinajstić information content (AvgIpc) is 3.23. The van der Waals surface area contributed by atoms with Gasteiger partial charge in [-0.15, -0.1) is 11.3 Å². The fraction of sp³-hybridized carbons (Fsp3) is 0.217. The molecule has 1 aromatic heterocycles. The largest absolute Gasteiger partial charge is 0.326 e. The number of amides is 2. The summed E-state index contributed by atoms with van der Waals surface area (Å²) < 4.78 is 0. The van der Waals surface area contributed by atoms with Crippen LogP contribution in [0.5, 0.6) is 0 Å². The molecule has 28 heavy (non-hydrogen) atoms. The normalized spacial score (nSPS) is 13.1. The van der Waals surface area contributed by atoms with Gasteiger partial charge in [0.05, 0.1) is 11.3 Å². The maximum absolute atomic E-state index is 12.9.